The predicted octanol–water partition coefficient (Wildman–Crippen LogP) is 4.71. The summed E-state index contributed by atoms with van der Waals surface area (Å²) in [4.78, 5) is 24.7. The van der Waals surface area contributed by atoms with Gasteiger partial charge >= 0.3 is 0 Å². The van der Waals surface area contributed by atoms with E-state index >= 15 is 0 Å². The number of hydrogen-bond acceptors (Lipinski definition) is 6. The van der Waals surface area contributed by atoms with Crippen molar-refractivity contribution in [3.8, 4) is 10.6 Å². The molecule has 0 saturated heterocycles. The first-order valence-corrected chi connectivity index (χ1v) is 10.5. The van der Waals surface area contributed by atoms with E-state index in [0.29, 0.717) is 12.1 Å². The molecule has 1 aliphatic rings. The number of aromatic nitrogens is 2. The van der Waals surface area contributed by atoms with E-state index in [1.54, 1.807) is 42.0 Å². The van der Waals surface area contributed by atoms with Crippen LogP contribution in [-0.2, 0) is 11.2 Å². The van der Waals surface area contributed by atoms with E-state index in [2.05, 4.69) is 36.0 Å². The second kappa shape index (κ2) is 6.72. The Morgan fingerprint density at radius 2 is 2.19 bits per heavy atom. The van der Waals surface area contributed by atoms with Crippen LogP contribution in [0.4, 0.5) is 5.00 Å². The summed E-state index contributed by atoms with van der Waals surface area (Å²) in [6, 6.07) is 2.82. The highest BCUT2D eigenvalue weighted by molar-refractivity contribution is 7.23. The Balaban J connectivity index is 1.91. The molecule has 0 saturated carbocycles. The van der Waals surface area contributed by atoms with Gasteiger partial charge in [-0.2, -0.15) is 0 Å². The first-order valence-electron chi connectivity index (χ1n) is 8.89. The van der Waals surface area contributed by atoms with Gasteiger partial charge in [0.1, 0.15) is 15.5 Å². The Hall–Kier alpha value is -1.83. The van der Waals surface area contributed by atoms with Crippen molar-refractivity contribution in [2.75, 3.05) is 11.9 Å². The van der Waals surface area contributed by atoms with Crippen molar-refractivity contribution < 1.29 is 4.79 Å². The van der Waals surface area contributed by atoms with Crippen molar-refractivity contribution in [2.45, 2.75) is 46.2 Å². The van der Waals surface area contributed by atoms with Gasteiger partial charge in [0.15, 0.2) is 0 Å². The minimum absolute atomic E-state index is 0.0410. The van der Waals surface area contributed by atoms with Crippen LogP contribution in [0.25, 0.3) is 20.8 Å². The number of nitrogens with one attached hydrogen (secondary N) is 1. The van der Waals surface area contributed by atoms with Crippen molar-refractivity contribution in [3.05, 3.63) is 28.9 Å². The Labute approximate surface area is 161 Å². The third-order valence-corrected chi connectivity index (χ3v) is 7.41. The van der Waals surface area contributed by atoms with Gasteiger partial charge in [-0.05, 0) is 38.4 Å². The van der Waals surface area contributed by atoms with Crippen molar-refractivity contribution >= 4 is 43.8 Å². The minimum Gasteiger partial charge on any atom is -0.317 e. The van der Waals surface area contributed by atoms with Crippen LogP contribution >= 0.6 is 22.7 Å². The van der Waals surface area contributed by atoms with E-state index in [1.165, 1.54) is 10.4 Å². The highest BCUT2D eigenvalue weighted by Gasteiger charge is 2.34. The lowest BCUT2D eigenvalue weighted by molar-refractivity contribution is -0.114. The average molecular weight is 387 g/mol. The van der Waals surface area contributed by atoms with E-state index in [4.69, 9.17) is 4.98 Å². The first kappa shape index (κ1) is 17.6. The first-order chi connectivity index (χ1) is 12.5. The summed E-state index contributed by atoms with van der Waals surface area (Å²) in [5.41, 5.74) is 3.36. The fraction of sp³-hybridized carbons (Fsp3) is 0.421. The monoisotopic (exact) mass is 386 g/mol. The van der Waals surface area contributed by atoms with Gasteiger partial charge in [0.25, 0.3) is 0 Å². The van der Waals surface area contributed by atoms with Gasteiger partial charge in [-0.3, -0.25) is 14.7 Å². The Morgan fingerprint density at radius 3 is 2.88 bits per heavy atom. The van der Waals surface area contributed by atoms with Gasteiger partial charge in [-0.1, -0.05) is 6.92 Å². The molecule has 3 aromatic rings. The van der Waals surface area contributed by atoms with Crippen LogP contribution in [0, 0.1) is 0 Å². The van der Waals surface area contributed by atoms with Gasteiger partial charge < -0.3 is 5.32 Å². The molecule has 3 aromatic heterocycles. The molecule has 136 valence electrons. The molecule has 1 N–H and O–H groups in total. The summed E-state index contributed by atoms with van der Waals surface area (Å²) in [5, 5.41) is 4.95. The van der Waals surface area contributed by atoms with Gasteiger partial charge in [-0.25, -0.2) is 4.98 Å². The molecule has 0 radical (unpaired) electrons. The minimum atomic E-state index is -0.0410. The van der Waals surface area contributed by atoms with Crippen molar-refractivity contribution in [3.63, 3.8) is 0 Å². The number of anilines is 1. The van der Waals surface area contributed by atoms with E-state index < -0.39 is 0 Å². The van der Waals surface area contributed by atoms with Crippen molar-refractivity contribution in [1.82, 2.24) is 14.9 Å². The van der Waals surface area contributed by atoms with Crippen LogP contribution in [0.15, 0.2) is 18.5 Å². The second-order valence-electron chi connectivity index (χ2n) is 6.75. The summed E-state index contributed by atoms with van der Waals surface area (Å²) >= 11 is 3.37. The fourth-order valence-corrected chi connectivity index (χ4v) is 6.34. The zero-order chi connectivity index (χ0) is 18.4. The zero-order valence-electron chi connectivity index (χ0n) is 15.4. The standard InChI is InChI=1S/C19H22N4OS2/c1-5-23-10(2)8-13-16(18(21-12(4)24)26-17(13)11(23)3)19-22-14-9-20-7-6-15(14)25-19/h6-7,9-11H,5,8H2,1-4H3,(H,21,24). The molecule has 4 heterocycles. The normalized spacial score (nSPS) is 20.3. The molecule has 1 aliphatic heterocycles. The molecule has 7 heteroatoms. The summed E-state index contributed by atoms with van der Waals surface area (Å²) in [7, 11) is 0. The third-order valence-electron chi connectivity index (χ3n) is 5.04. The Kier molecular flexibility index (Phi) is 4.54. The van der Waals surface area contributed by atoms with E-state index in [0.717, 1.165) is 38.8 Å². The largest absolute Gasteiger partial charge is 0.317 e. The second-order valence-corrected chi connectivity index (χ2v) is 8.84. The number of carbonyl (C=O) groups excluding carboxylic acids is 1. The lowest BCUT2D eigenvalue weighted by Crippen LogP contribution is -2.40. The third kappa shape index (κ3) is 2.84. The number of rotatable bonds is 3. The molecule has 0 aliphatic carbocycles. The SMILES string of the molecule is CCN1C(C)Cc2c(sc(NC(C)=O)c2-c2nc3cnccc3s2)C1C. The molecule has 2 atom stereocenters. The topological polar surface area (TPSA) is 58.1 Å². The smallest absolute Gasteiger partial charge is 0.221 e. The average Bonchev–Trinajstić information content (AvgIpc) is 3.15. The number of hydrogen-bond donors (Lipinski definition) is 1. The van der Waals surface area contributed by atoms with Crippen LogP contribution < -0.4 is 5.32 Å². The summed E-state index contributed by atoms with van der Waals surface area (Å²) < 4.78 is 1.12. The highest BCUT2D eigenvalue weighted by atomic mass is 32.1. The number of nitrogens with zero attached hydrogens (tertiary/aromatic N) is 3. The molecule has 4 rings (SSSR count). The highest BCUT2D eigenvalue weighted by Crippen LogP contribution is 2.49. The van der Waals surface area contributed by atoms with Crippen LogP contribution in [0.5, 0.6) is 0 Å². The molecule has 0 aromatic carbocycles. The van der Waals surface area contributed by atoms with E-state index in [1.807, 2.05) is 6.07 Å². The van der Waals surface area contributed by atoms with Crippen LogP contribution in [0.3, 0.4) is 0 Å². The number of likely N-dealkylation sites (N-methyl/N-ethyl adjacent to an activating group) is 1. The molecule has 0 fully saturated rings. The molecule has 5 nitrogen and oxygen atoms in total. The summed E-state index contributed by atoms with van der Waals surface area (Å²) in [6.45, 7) is 9.34. The molecule has 26 heavy (non-hydrogen) atoms. The number of fused-ring (bicyclic) bond motifs is 2. The maximum atomic E-state index is 11.8. The lowest BCUT2D eigenvalue weighted by Gasteiger charge is -2.38. The van der Waals surface area contributed by atoms with Gasteiger partial charge in [0.05, 0.1) is 10.9 Å². The molecular formula is C19H22N4OS2. The Morgan fingerprint density at radius 1 is 1.38 bits per heavy atom. The van der Waals surface area contributed by atoms with Crippen LogP contribution in [0.1, 0.15) is 44.2 Å². The molecule has 0 spiro atoms. The summed E-state index contributed by atoms with van der Waals surface area (Å²) in [6.07, 6.45) is 4.58. The van der Waals surface area contributed by atoms with Gasteiger partial charge in [-0.15, -0.1) is 22.7 Å². The fourth-order valence-electron chi connectivity index (χ4n) is 3.91. The Bertz CT molecular complexity index is 944. The molecule has 0 bridgehead atoms. The molecule has 1 amide bonds. The molecule has 2 unspecified atom stereocenters. The summed E-state index contributed by atoms with van der Waals surface area (Å²) in [5.74, 6) is -0.0410. The quantitative estimate of drug-likeness (QED) is 0.708. The van der Waals surface area contributed by atoms with Crippen LogP contribution in [-0.4, -0.2) is 33.4 Å². The number of thiophene rings is 1. The van der Waals surface area contributed by atoms with Gasteiger partial charge in [0.2, 0.25) is 5.91 Å². The predicted molar refractivity (Wildman–Crippen MR) is 109 cm³/mol. The maximum absolute atomic E-state index is 11.8. The van der Waals surface area contributed by atoms with Gasteiger partial charge in [0, 0.05) is 35.6 Å². The maximum Gasteiger partial charge on any atom is 0.221 e. The number of thiazole rings is 1. The van der Waals surface area contributed by atoms with E-state index in [-0.39, 0.29) is 5.91 Å². The molecular weight excluding hydrogens is 364 g/mol. The van der Waals surface area contributed by atoms with E-state index in [9.17, 15) is 4.79 Å². The van der Waals surface area contributed by atoms with Crippen molar-refractivity contribution in [2.24, 2.45) is 0 Å². The number of amides is 1. The number of pyridine rings is 1. The lowest BCUT2D eigenvalue weighted by atomic mass is 9.93. The van der Waals surface area contributed by atoms with Crippen molar-refractivity contribution in [1.29, 1.82) is 0 Å². The zero-order valence-corrected chi connectivity index (χ0v) is 17.0. The number of carbonyl (C=O) groups is 1. The van der Waals surface area contributed by atoms with Crippen LogP contribution in [0.2, 0.25) is 0 Å².